The Bertz CT molecular complexity index is 975. The maximum atomic E-state index is 13.0. The molecule has 6 nitrogen and oxygen atoms in total. The van der Waals surface area contributed by atoms with Crippen molar-refractivity contribution in [3.8, 4) is 5.75 Å². The first-order valence-corrected chi connectivity index (χ1v) is 9.90. The van der Waals surface area contributed by atoms with E-state index in [4.69, 9.17) is 4.74 Å². The van der Waals surface area contributed by atoms with E-state index in [1.54, 1.807) is 0 Å². The van der Waals surface area contributed by atoms with E-state index >= 15 is 0 Å². The first kappa shape index (κ1) is 19.9. The molecule has 0 aromatic heterocycles. The lowest BCUT2D eigenvalue weighted by Crippen LogP contribution is -2.37. The lowest BCUT2D eigenvalue weighted by atomic mass is 9.81. The summed E-state index contributed by atoms with van der Waals surface area (Å²) in [6.45, 7) is -0.416. The molecule has 1 saturated carbocycles. The van der Waals surface area contributed by atoms with Crippen molar-refractivity contribution in [3.05, 3.63) is 65.5 Å². The van der Waals surface area contributed by atoms with Crippen LogP contribution in [0.1, 0.15) is 41.6 Å². The average Bonchev–Trinajstić information content (AvgIpc) is 2.99. The minimum absolute atomic E-state index is 0.201. The molecule has 2 fully saturated rings. The molecule has 1 saturated heterocycles. The molecule has 7 heteroatoms. The van der Waals surface area contributed by atoms with E-state index in [0.29, 0.717) is 24.0 Å². The van der Waals surface area contributed by atoms with E-state index < -0.39 is 18.3 Å². The van der Waals surface area contributed by atoms with Gasteiger partial charge in [0.1, 0.15) is 18.1 Å². The average molecular weight is 409 g/mol. The SMILES string of the molecule is O=C(CN1C(=O)[C@@H]2CCCC[C@H]2C1=O)Oc1ccc(C(=O)c2ccc(F)cc2)cc1. The Kier molecular flexibility index (Phi) is 5.44. The van der Waals surface area contributed by atoms with Crippen molar-refractivity contribution < 1.29 is 28.3 Å². The van der Waals surface area contributed by atoms with Crippen molar-refractivity contribution in [2.45, 2.75) is 25.7 Å². The lowest BCUT2D eigenvalue weighted by molar-refractivity contribution is -0.148. The van der Waals surface area contributed by atoms with Gasteiger partial charge in [-0.25, -0.2) is 9.18 Å². The monoisotopic (exact) mass is 409 g/mol. The Balaban J connectivity index is 1.38. The summed E-state index contributed by atoms with van der Waals surface area (Å²) in [5, 5.41) is 0. The highest BCUT2D eigenvalue weighted by Crippen LogP contribution is 2.37. The predicted octanol–water partition coefficient (Wildman–Crippen LogP) is 3.14. The molecule has 1 aliphatic heterocycles. The molecule has 0 bridgehead atoms. The number of benzene rings is 2. The number of rotatable bonds is 5. The summed E-state index contributed by atoms with van der Waals surface area (Å²) >= 11 is 0. The van der Waals surface area contributed by atoms with Gasteiger partial charge in [0.05, 0.1) is 11.8 Å². The first-order valence-electron chi connectivity index (χ1n) is 9.90. The number of esters is 1. The number of ketones is 1. The fraction of sp³-hybridized carbons (Fsp3) is 0.304. The fourth-order valence-corrected chi connectivity index (χ4v) is 4.12. The third-order valence-electron chi connectivity index (χ3n) is 5.67. The van der Waals surface area contributed by atoms with Crippen molar-refractivity contribution in [3.63, 3.8) is 0 Å². The van der Waals surface area contributed by atoms with E-state index in [9.17, 15) is 23.6 Å². The number of fused-ring (bicyclic) bond motifs is 1. The highest BCUT2D eigenvalue weighted by Gasteiger charge is 2.48. The van der Waals surface area contributed by atoms with Crippen LogP contribution in [-0.4, -0.2) is 35.0 Å². The molecule has 2 aliphatic rings. The quantitative estimate of drug-likeness (QED) is 0.328. The summed E-state index contributed by atoms with van der Waals surface area (Å²) in [4.78, 5) is 50.6. The van der Waals surface area contributed by atoms with E-state index in [2.05, 4.69) is 0 Å². The number of amides is 2. The van der Waals surface area contributed by atoms with Crippen LogP contribution in [0.3, 0.4) is 0 Å². The number of nitrogens with zero attached hydrogens (tertiary/aromatic N) is 1. The van der Waals surface area contributed by atoms with Crippen molar-refractivity contribution in [2.24, 2.45) is 11.8 Å². The van der Waals surface area contributed by atoms with Gasteiger partial charge in [-0.2, -0.15) is 0 Å². The molecule has 154 valence electrons. The molecule has 1 aliphatic carbocycles. The summed E-state index contributed by atoms with van der Waals surface area (Å²) in [5.74, 6) is -2.43. The number of ether oxygens (including phenoxy) is 1. The molecule has 2 atom stereocenters. The van der Waals surface area contributed by atoms with Crippen LogP contribution in [0, 0.1) is 17.7 Å². The topological polar surface area (TPSA) is 80.8 Å². The van der Waals surface area contributed by atoms with Gasteiger partial charge in [-0.15, -0.1) is 0 Å². The third kappa shape index (κ3) is 3.87. The first-order chi connectivity index (χ1) is 14.4. The normalized spacial score (nSPS) is 20.8. The standard InChI is InChI=1S/C23H20FNO5/c24-16-9-5-14(6-10-16)21(27)15-7-11-17(12-8-15)30-20(26)13-25-22(28)18-3-1-2-4-19(18)23(25)29/h5-12,18-19H,1-4,13H2/t18-,19-/m1/s1. The Hall–Kier alpha value is -3.35. The number of hydrogen-bond acceptors (Lipinski definition) is 5. The number of imide groups is 1. The number of likely N-dealkylation sites (tertiary alicyclic amines) is 1. The molecule has 2 amide bonds. The second-order valence-corrected chi connectivity index (χ2v) is 7.59. The van der Waals surface area contributed by atoms with Crippen LogP contribution in [0.25, 0.3) is 0 Å². The van der Waals surface area contributed by atoms with Gasteiger partial charge in [-0.05, 0) is 61.4 Å². The summed E-state index contributed by atoms with van der Waals surface area (Å²) in [5.41, 5.74) is 0.698. The zero-order valence-corrected chi connectivity index (χ0v) is 16.2. The van der Waals surface area contributed by atoms with Crippen LogP contribution in [0.4, 0.5) is 4.39 Å². The maximum Gasteiger partial charge on any atom is 0.331 e. The molecular weight excluding hydrogens is 389 g/mol. The van der Waals surface area contributed by atoms with Gasteiger partial charge in [-0.3, -0.25) is 19.3 Å². The minimum atomic E-state index is -0.715. The van der Waals surface area contributed by atoms with Crippen LogP contribution in [-0.2, 0) is 14.4 Å². The van der Waals surface area contributed by atoms with Gasteiger partial charge < -0.3 is 4.74 Å². The maximum absolute atomic E-state index is 13.0. The van der Waals surface area contributed by atoms with Gasteiger partial charge >= 0.3 is 5.97 Å². The largest absolute Gasteiger partial charge is 0.425 e. The highest BCUT2D eigenvalue weighted by atomic mass is 19.1. The van der Waals surface area contributed by atoms with E-state index in [-0.39, 0.29) is 35.2 Å². The van der Waals surface area contributed by atoms with Gasteiger partial charge in [0, 0.05) is 11.1 Å². The van der Waals surface area contributed by atoms with Crippen molar-refractivity contribution >= 4 is 23.6 Å². The van der Waals surface area contributed by atoms with Crippen LogP contribution in [0.2, 0.25) is 0 Å². The number of carbonyl (C=O) groups excluding carboxylic acids is 4. The van der Waals surface area contributed by atoms with Crippen molar-refractivity contribution in [1.29, 1.82) is 0 Å². The fourth-order valence-electron chi connectivity index (χ4n) is 4.12. The summed E-state index contributed by atoms with van der Waals surface area (Å²) < 4.78 is 18.2. The highest BCUT2D eigenvalue weighted by molar-refractivity contribution is 6.09. The van der Waals surface area contributed by atoms with Crippen LogP contribution >= 0.6 is 0 Å². The van der Waals surface area contributed by atoms with Gasteiger partial charge in [0.25, 0.3) is 0 Å². The molecular formula is C23H20FNO5. The van der Waals surface area contributed by atoms with Crippen LogP contribution in [0.15, 0.2) is 48.5 Å². The second-order valence-electron chi connectivity index (χ2n) is 7.59. The summed E-state index contributed by atoms with van der Waals surface area (Å²) in [6.07, 6.45) is 3.21. The summed E-state index contributed by atoms with van der Waals surface area (Å²) in [6, 6.07) is 11.1. The predicted molar refractivity (Wildman–Crippen MR) is 104 cm³/mol. The molecule has 4 rings (SSSR count). The smallest absolute Gasteiger partial charge is 0.331 e. The van der Waals surface area contributed by atoms with E-state index in [1.165, 1.54) is 48.5 Å². The van der Waals surface area contributed by atoms with Gasteiger partial charge in [0.2, 0.25) is 11.8 Å². The zero-order valence-electron chi connectivity index (χ0n) is 16.2. The minimum Gasteiger partial charge on any atom is -0.425 e. The Morgan fingerprint density at radius 1 is 0.867 bits per heavy atom. The summed E-state index contributed by atoms with van der Waals surface area (Å²) in [7, 11) is 0. The van der Waals surface area contributed by atoms with Gasteiger partial charge in [-0.1, -0.05) is 12.8 Å². The Morgan fingerprint density at radius 2 is 1.37 bits per heavy atom. The van der Waals surface area contributed by atoms with E-state index in [0.717, 1.165) is 17.7 Å². The van der Waals surface area contributed by atoms with Crippen LogP contribution < -0.4 is 4.74 Å². The number of hydrogen-bond donors (Lipinski definition) is 0. The molecule has 0 radical (unpaired) electrons. The lowest BCUT2D eigenvalue weighted by Gasteiger charge is -2.19. The molecule has 1 heterocycles. The molecule has 0 spiro atoms. The zero-order chi connectivity index (χ0) is 21.3. The molecule has 2 aromatic carbocycles. The molecule has 30 heavy (non-hydrogen) atoms. The van der Waals surface area contributed by atoms with Crippen molar-refractivity contribution in [2.75, 3.05) is 6.54 Å². The molecule has 2 aromatic rings. The second kappa shape index (κ2) is 8.18. The molecule has 0 N–H and O–H groups in total. The third-order valence-corrected chi connectivity index (χ3v) is 5.67. The Labute approximate surface area is 172 Å². The Morgan fingerprint density at radius 3 is 1.90 bits per heavy atom. The van der Waals surface area contributed by atoms with Crippen molar-refractivity contribution in [1.82, 2.24) is 4.90 Å². The molecule has 0 unspecified atom stereocenters. The number of carbonyl (C=O) groups is 4. The number of halogens is 1. The van der Waals surface area contributed by atoms with Crippen LogP contribution in [0.5, 0.6) is 5.75 Å². The van der Waals surface area contributed by atoms with Gasteiger partial charge in [0.15, 0.2) is 5.78 Å². The van der Waals surface area contributed by atoms with E-state index in [1.807, 2.05) is 0 Å².